The lowest BCUT2D eigenvalue weighted by Gasteiger charge is -2.07. The van der Waals surface area contributed by atoms with Gasteiger partial charge < -0.3 is 10.1 Å². The number of hydrogen-bond acceptors (Lipinski definition) is 6. The van der Waals surface area contributed by atoms with Crippen molar-refractivity contribution in [2.24, 2.45) is 0 Å². The quantitative estimate of drug-likeness (QED) is 0.431. The number of nitrogens with zero attached hydrogens (tertiary/aromatic N) is 1. The van der Waals surface area contributed by atoms with Crippen molar-refractivity contribution in [1.82, 2.24) is 10.3 Å². The molecular formula is C18H20N2O3S2. The van der Waals surface area contributed by atoms with E-state index < -0.39 is 0 Å². The highest BCUT2D eigenvalue weighted by molar-refractivity contribution is 7.80. The number of aryl methyl sites for hydroxylation is 1. The fourth-order valence-corrected chi connectivity index (χ4v) is 3.27. The van der Waals surface area contributed by atoms with Crippen molar-refractivity contribution in [3.63, 3.8) is 0 Å². The largest absolute Gasteiger partial charge is 0.461 e. The van der Waals surface area contributed by atoms with Crippen molar-refractivity contribution in [1.29, 1.82) is 0 Å². The van der Waals surface area contributed by atoms with Gasteiger partial charge in [-0.1, -0.05) is 30.4 Å². The molecule has 0 aliphatic heterocycles. The Labute approximate surface area is 156 Å². The van der Waals surface area contributed by atoms with Gasteiger partial charge in [0, 0.05) is 10.4 Å². The van der Waals surface area contributed by atoms with Gasteiger partial charge in [0.25, 0.3) is 5.91 Å². The van der Waals surface area contributed by atoms with Crippen molar-refractivity contribution in [2.45, 2.75) is 32.6 Å². The number of benzene rings is 1. The molecule has 1 amide bonds. The molecule has 7 heteroatoms. The molecule has 0 spiro atoms. The molecule has 0 unspecified atom stereocenters. The Bertz CT molecular complexity index is 729. The van der Waals surface area contributed by atoms with E-state index in [0.717, 1.165) is 24.1 Å². The van der Waals surface area contributed by atoms with Gasteiger partial charge in [0.15, 0.2) is 5.69 Å². The molecule has 1 N–H and O–H groups in total. The molecule has 2 rings (SSSR count). The van der Waals surface area contributed by atoms with Gasteiger partial charge in [-0.15, -0.1) is 11.3 Å². The standard InChI is InChI=1S/C18H20N2O3S2/c1-2-23-18(22)16-14(25-12-19-16)10-6-7-11-15(24)20-17(21)13-8-4-3-5-9-13/h3-5,8-9,12H,2,6-7,10-11H2,1H3,(H,20,21,24). The molecule has 1 aromatic carbocycles. The number of thiazole rings is 1. The maximum Gasteiger partial charge on any atom is 0.358 e. The van der Waals surface area contributed by atoms with Crippen LogP contribution in [0.1, 0.15) is 51.9 Å². The molecule has 0 aliphatic rings. The summed E-state index contributed by atoms with van der Waals surface area (Å²) in [6.07, 6.45) is 3.06. The molecule has 0 saturated heterocycles. The number of amides is 1. The lowest BCUT2D eigenvalue weighted by molar-refractivity contribution is 0.0519. The lowest BCUT2D eigenvalue weighted by Crippen LogP contribution is -2.28. The molecule has 25 heavy (non-hydrogen) atoms. The van der Waals surface area contributed by atoms with Gasteiger partial charge in [0.05, 0.1) is 17.1 Å². The first-order chi connectivity index (χ1) is 12.1. The van der Waals surface area contributed by atoms with Gasteiger partial charge in [0.2, 0.25) is 0 Å². The van der Waals surface area contributed by atoms with E-state index in [4.69, 9.17) is 17.0 Å². The van der Waals surface area contributed by atoms with E-state index in [9.17, 15) is 9.59 Å². The minimum atomic E-state index is -0.371. The van der Waals surface area contributed by atoms with Crippen LogP contribution in [0.15, 0.2) is 35.8 Å². The SMILES string of the molecule is CCOC(=O)c1ncsc1CCCCC(=S)NC(=O)c1ccccc1. The zero-order chi connectivity index (χ0) is 18.1. The molecule has 0 fully saturated rings. The predicted molar refractivity (Wildman–Crippen MR) is 102 cm³/mol. The van der Waals surface area contributed by atoms with Crippen molar-refractivity contribution < 1.29 is 14.3 Å². The average molecular weight is 377 g/mol. The summed E-state index contributed by atoms with van der Waals surface area (Å²) in [7, 11) is 0. The van der Waals surface area contributed by atoms with Crippen LogP contribution in [0.4, 0.5) is 0 Å². The van der Waals surface area contributed by atoms with E-state index in [-0.39, 0.29) is 11.9 Å². The minimum absolute atomic E-state index is 0.183. The molecule has 2 aromatic rings. The molecule has 5 nitrogen and oxygen atoms in total. The second-order valence-electron chi connectivity index (χ2n) is 5.30. The maximum absolute atomic E-state index is 12.0. The summed E-state index contributed by atoms with van der Waals surface area (Å²) in [4.78, 5) is 29.3. The number of carbonyl (C=O) groups excluding carboxylic acids is 2. The Morgan fingerprint density at radius 3 is 2.72 bits per heavy atom. The van der Waals surface area contributed by atoms with Crippen LogP contribution in [0.5, 0.6) is 0 Å². The Balaban J connectivity index is 1.73. The van der Waals surface area contributed by atoms with Crippen molar-refractivity contribution in [2.75, 3.05) is 6.61 Å². The summed E-state index contributed by atoms with van der Waals surface area (Å²) in [6, 6.07) is 8.98. The summed E-state index contributed by atoms with van der Waals surface area (Å²) in [5, 5.41) is 2.74. The molecule has 0 atom stereocenters. The minimum Gasteiger partial charge on any atom is -0.461 e. The summed E-state index contributed by atoms with van der Waals surface area (Å²) >= 11 is 6.69. The topological polar surface area (TPSA) is 68.3 Å². The van der Waals surface area contributed by atoms with Crippen LogP contribution in [0.3, 0.4) is 0 Å². The molecule has 1 aromatic heterocycles. The first-order valence-electron chi connectivity index (χ1n) is 8.10. The number of nitrogens with one attached hydrogen (secondary N) is 1. The third kappa shape index (κ3) is 6.03. The Morgan fingerprint density at radius 2 is 2.00 bits per heavy atom. The number of carbonyl (C=O) groups is 2. The van der Waals surface area contributed by atoms with E-state index in [1.165, 1.54) is 11.3 Å². The molecule has 0 saturated carbocycles. The van der Waals surface area contributed by atoms with E-state index in [1.807, 2.05) is 18.2 Å². The third-order valence-electron chi connectivity index (χ3n) is 3.46. The zero-order valence-electron chi connectivity index (χ0n) is 14.0. The number of ether oxygens (including phenoxy) is 1. The monoisotopic (exact) mass is 376 g/mol. The molecule has 1 heterocycles. The van der Waals surface area contributed by atoms with Gasteiger partial charge >= 0.3 is 5.97 Å². The van der Waals surface area contributed by atoms with E-state index in [0.29, 0.717) is 29.3 Å². The first-order valence-corrected chi connectivity index (χ1v) is 9.39. The first kappa shape index (κ1) is 19.2. The summed E-state index contributed by atoms with van der Waals surface area (Å²) in [5.74, 6) is -0.554. The normalized spacial score (nSPS) is 10.3. The smallest absolute Gasteiger partial charge is 0.358 e. The highest BCUT2D eigenvalue weighted by Gasteiger charge is 2.15. The maximum atomic E-state index is 12.0. The summed E-state index contributed by atoms with van der Waals surface area (Å²) in [6.45, 7) is 2.11. The van der Waals surface area contributed by atoms with Crippen LogP contribution in [0.2, 0.25) is 0 Å². The number of unbranched alkanes of at least 4 members (excludes halogenated alkanes) is 1. The fourth-order valence-electron chi connectivity index (χ4n) is 2.24. The molecule has 132 valence electrons. The van der Waals surface area contributed by atoms with Crippen LogP contribution in [-0.4, -0.2) is 28.5 Å². The fraction of sp³-hybridized carbons (Fsp3) is 0.333. The Morgan fingerprint density at radius 1 is 1.24 bits per heavy atom. The third-order valence-corrected chi connectivity index (χ3v) is 4.66. The number of thiocarbonyl (C=S) groups is 1. The van der Waals surface area contributed by atoms with Crippen LogP contribution >= 0.6 is 23.6 Å². The predicted octanol–water partition coefficient (Wildman–Crippen LogP) is 3.79. The highest BCUT2D eigenvalue weighted by Crippen LogP contribution is 2.18. The van der Waals surface area contributed by atoms with Crippen LogP contribution in [0.25, 0.3) is 0 Å². The second-order valence-corrected chi connectivity index (χ2v) is 6.73. The van der Waals surface area contributed by atoms with Crippen molar-refractivity contribution in [3.8, 4) is 0 Å². The van der Waals surface area contributed by atoms with E-state index >= 15 is 0 Å². The van der Waals surface area contributed by atoms with Gasteiger partial charge in [-0.3, -0.25) is 4.79 Å². The lowest BCUT2D eigenvalue weighted by atomic mass is 10.1. The number of hydrogen-bond donors (Lipinski definition) is 1. The van der Waals surface area contributed by atoms with Gasteiger partial charge in [0.1, 0.15) is 0 Å². The van der Waals surface area contributed by atoms with Crippen molar-refractivity contribution in [3.05, 3.63) is 52.0 Å². The van der Waals surface area contributed by atoms with Gasteiger partial charge in [-0.25, -0.2) is 9.78 Å². The highest BCUT2D eigenvalue weighted by atomic mass is 32.1. The van der Waals surface area contributed by atoms with E-state index in [1.54, 1.807) is 24.6 Å². The summed E-state index contributed by atoms with van der Waals surface area (Å²) < 4.78 is 4.99. The number of esters is 1. The van der Waals surface area contributed by atoms with Gasteiger partial charge in [-0.2, -0.15) is 0 Å². The zero-order valence-corrected chi connectivity index (χ0v) is 15.6. The molecule has 0 radical (unpaired) electrons. The van der Waals surface area contributed by atoms with Crippen LogP contribution in [0, 0.1) is 0 Å². The van der Waals surface area contributed by atoms with Crippen molar-refractivity contribution >= 4 is 40.4 Å². The average Bonchev–Trinajstić information content (AvgIpc) is 3.08. The number of aromatic nitrogens is 1. The van der Waals surface area contributed by atoms with E-state index in [2.05, 4.69) is 10.3 Å². The Kier molecular flexibility index (Phi) is 7.69. The van der Waals surface area contributed by atoms with Crippen LogP contribution < -0.4 is 5.32 Å². The summed E-state index contributed by atoms with van der Waals surface area (Å²) in [5.41, 5.74) is 2.66. The second kappa shape index (κ2) is 10.0. The van der Waals surface area contributed by atoms with Gasteiger partial charge in [-0.05, 0) is 44.7 Å². The molecule has 0 bridgehead atoms. The molecular weight excluding hydrogens is 356 g/mol. The molecule has 0 aliphatic carbocycles. The Hall–Kier alpha value is -2.12. The number of rotatable bonds is 8. The van der Waals surface area contributed by atoms with Crippen LogP contribution in [-0.2, 0) is 11.2 Å².